The van der Waals surface area contributed by atoms with Gasteiger partial charge >= 0.3 is 0 Å². The molecule has 0 bridgehead atoms. The molecule has 6 heteroatoms. The summed E-state index contributed by atoms with van der Waals surface area (Å²) in [7, 11) is 1.83. The maximum absolute atomic E-state index is 13.6. The van der Waals surface area contributed by atoms with E-state index in [1.807, 2.05) is 13.2 Å². The third kappa shape index (κ3) is 3.64. The SMILES string of the molecule is Cn1cc(CCNC(=O)c2ccc(Br)cc2F)cn1. The topological polar surface area (TPSA) is 46.9 Å². The Bertz CT molecular complexity index is 597. The van der Waals surface area contributed by atoms with E-state index < -0.39 is 11.7 Å². The lowest BCUT2D eigenvalue weighted by Crippen LogP contribution is -2.26. The molecule has 0 fully saturated rings. The maximum atomic E-state index is 13.6. The Morgan fingerprint density at radius 1 is 1.53 bits per heavy atom. The van der Waals surface area contributed by atoms with Gasteiger partial charge in [0.15, 0.2) is 0 Å². The number of hydrogen-bond acceptors (Lipinski definition) is 2. The zero-order valence-electron chi connectivity index (χ0n) is 10.4. The summed E-state index contributed by atoms with van der Waals surface area (Å²) in [6, 6.07) is 4.37. The number of hydrogen-bond donors (Lipinski definition) is 1. The number of nitrogens with zero attached hydrogens (tertiary/aromatic N) is 2. The van der Waals surface area contributed by atoms with Crippen molar-refractivity contribution in [2.24, 2.45) is 7.05 Å². The monoisotopic (exact) mass is 325 g/mol. The Labute approximate surface area is 118 Å². The molecule has 0 aliphatic heterocycles. The van der Waals surface area contributed by atoms with Gasteiger partial charge in [-0.3, -0.25) is 9.48 Å². The number of halogens is 2. The van der Waals surface area contributed by atoms with Crippen molar-refractivity contribution in [3.63, 3.8) is 0 Å². The fourth-order valence-electron chi connectivity index (χ4n) is 1.69. The Hall–Kier alpha value is -1.69. The quantitative estimate of drug-likeness (QED) is 0.937. The molecule has 0 radical (unpaired) electrons. The second-order valence-electron chi connectivity index (χ2n) is 4.15. The third-order valence-corrected chi connectivity index (χ3v) is 3.13. The van der Waals surface area contributed by atoms with E-state index in [1.54, 1.807) is 16.9 Å². The fraction of sp³-hybridized carbons (Fsp3) is 0.231. The number of rotatable bonds is 4. The number of benzene rings is 1. The van der Waals surface area contributed by atoms with E-state index in [4.69, 9.17) is 0 Å². The average Bonchev–Trinajstić information content (AvgIpc) is 2.75. The van der Waals surface area contributed by atoms with Crippen LogP contribution in [0, 0.1) is 5.82 Å². The number of carbonyl (C=O) groups is 1. The predicted octanol–water partition coefficient (Wildman–Crippen LogP) is 2.29. The Kier molecular flexibility index (Phi) is 4.31. The Morgan fingerprint density at radius 2 is 2.32 bits per heavy atom. The van der Waals surface area contributed by atoms with Gasteiger partial charge in [0.05, 0.1) is 11.8 Å². The van der Waals surface area contributed by atoms with E-state index in [-0.39, 0.29) is 5.56 Å². The minimum Gasteiger partial charge on any atom is -0.352 e. The molecule has 0 aliphatic carbocycles. The van der Waals surface area contributed by atoms with Crippen LogP contribution in [0.1, 0.15) is 15.9 Å². The molecule has 4 nitrogen and oxygen atoms in total. The van der Waals surface area contributed by atoms with Crippen molar-refractivity contribution in [2.75, 3.05) is 6.54 Å². The second-order valence-corrected chi connectivity index (χ2v) is 5.07. The van der Waals surface area contributed by atoms with Gasteiger partial charge < -0.3 is 5.32 Å². The predicted molar refractivity (Wildman–Crippen MR) is 73.3 cm³/mol. The summed E-state index contributed by atoms with van der Waals surface area (Å²) < 4.78 is 15.9. The molecule has 0 unspecified atom stereocenters. The summed E-state index contributed by atoms with van der Waals surface area (Å²) in [6.45, 7) is 0.444. The minimum absolute atomic E-state index is 0.0504. The van der Waals surface area contributed by atoms with Crippen molar-refractivity contribution in [1.82, 2.24) is 15.1 Å². The first-order chi connectivity index (χ1) is 9.06. The van der Waals surface area contributed by atoms with E-state index in [1.165, 1.54) is 12.1 Å². The molecule has 19 heavy (non-hydrogen) atoms. The normalized spacial score (nSPS) is 10.5. The van der Waals surface area contributed by atoms with E-state index in [9.17, 15) is 9.18 Å². The molecular weight excluding hydrogens is 313 g/mol. The summed E-state index contributed by atoms with van der Waals surface area (Å²) in [6.07, 6.45) is 4.29. The highest BCUT2D eigenvalue weighted by atomic mass is 79.9. The molecule has 1 aromatic heterocycles. The van der Waals surface area contributed by atoms with Gasteiger partial charge in [-0.1, -0.05) is 15.9 Å². The smallest absolute Gasteiger partial charge is 0.254 e. The van der Waals surface area contributed by atoms with Gasteiger partial charge in [0.1, 0.15) is 5.82 Å². The van der Waals surface area contributed by atoms with E-state index in [0.29, 0.717) is 17.4 Å². The zero-order chi connectivity index (χ0) is 13.8. The number of amides is 1. The van der Waals surface area contributed by atoms with Gasteiger partial charge in [-0.05, 0) is 30.2 Å². The van der Waals surface area contributed by atoms with Gasteiger partial charge in [0.25, 0.3) is 5.91 Å². The second kappa shape index (κ2) is 5.97. The molecule has 1 aromatic carbocycles. The molecule has 2 rings (SSSR count). The van der Waals surface area contributed by atoms with Gasteiger partial charge in [-0.15, -0.1) is 0 Å². The average molecular weight is 326 g/mol. The van der Waals surface area contributed by atoms with Gasteiger partial charge in [-0.25, -0.2) is 4.39 Å². The summed E-state index contributed by atoms with van der Waals surface area (Å²) in [5.74, 6) is -0.942. The first-order valence-corrected chi connectivity index (χ1v) is 6.56. The van der Waals surface area contributed by atoms with Gasteiger partial charge in [0.2, 0.25) is 0 Å². The van der Waals surface area contributed by atoms with Crippen molar-refractivity contribution in [3.8, 4) is 0 Å². The summed E-state index contributed by atoms with van der Waals surface area (Å²) in [5.41, 5.74) is 1.08. The third-order valence-electron chi connectivity index (χ3n) is 2.63. The van der Waals surface area contributed by atoms with Crippen molar-refractivity contribution in [3.05, 3.63) is 52.0 Å². The van der Waals surface area contributed by atoms with Crippen LogP contribution in [-0.2, 0) is 13.5 Å². The largest absolute Gasteiger partial charge is 0.352 e. The van der Waals surface area contributed by atoms with Crippen LogP contribution in [0.2, 0.25) is 0 Å². The molecule has 100 valence electrons. The Morgan fingerprint density at radius 3 is 2.95 bits per heavy atom. The molecule has 0 saturated carbocycles. The lowest BCUT2D eigenvalue weighted by molar-refractivity contribution is 0.0950. The number of nitrogens with one attached hydrogen (secondary N) is 1. The van der Waals surface area contributed by atoms with Gasteiger partial charge in [0, 0.05) is 24.3 Å². The highest BCUT2D eigenvalue weighted by Crippen LogP contribution is 2.15. The van der Waals surface area contributed by atoms with E-state index in [0.717, 1.165) is 5.56 Å². The van der Waals surface area contributed by atoms with Crippen LogP contribution in [0.4, 0.5) is 4.39 Å². The molecular formula is C13H13BrFN3O. The van der Waals surface area contributed by atoms with Crippen LogP contribution in [0.25, 0.3) is 0 Å². The van der Waals surface area contributed by atoms with Crippen molar-refractivity contribution < 1.29 is 9.18 Å². The number of aromatic nitrogens is 2. The minimum atomic E-state index is -0.534. The highest BCUT2D eigenvalue weighted by Gasteiger charge is 2.11. The molecule has 2 aromatic rings. The van der Waals surface area contributed by atoms with Crippen LogP contribution < -0.4 is 5.32 Å². The van der Waals surface area contributed by atoms with Crippen LogP contribution in [0.5, 0.6) is 0 Å². The van der Waals surface area contributed by atoms with Crippen LogP contribution in [0.15, 0.2) is 35.1 Å². The lowest BCUT2D eigenvalue weighted by Gasteiger charge is -2.05. The number of aryl methyl sites for hydroxylation is 1. The van der Waals surface area contributed by atoms with E-state index in [2.05, 4.69) is 26.3 Å². The van der Waals surface area contributed by atoms with Crippen molar-refractivity contribution in [2.45, 2.75) is 6.42 Å². The molecule has 0 spiro atoms. The zero-order valence-corrected chi connectivity index (χ0v) is 11.9. The van der Waals surface area contributed by atoms with Gasteiger partial charge in [-0.2, -0.15) is 5.10 Å². The lowest BCUT2D eigenvalue weighted by atomic mass is 10.2. The summed E-state index contributed by atoms with van der Waals surface area (Å²) >= 11 is 3.15. The van der Waals surface area contributed by atoms with Crippen LogP contribution in [0.3, 0.4) is 0 Å². The molecule has 1 amide bonds. The molecule has 1 heterocycles. The maximum Gasteiger partial charge on any atom is 0.254 e. The van der Waals surface area contributed by atoms with Crippen LogP contribution in [-0.4, -0.2) is 22.2 Å². The standard InChI is InChI=1S/C13H13BrFN3O/c1-18-8-9(7-17-18)4-5-16-13(19)11-3-2-10(14)6-12(11)15/h2-3,6-8H,4-5H2,1H3,(H,16,19). The highest BCUT2D eigenvalue weighted by molar-refractivity contribution is 9.10. The van der Waals surface area contributed by atoms with Crippen molar-refractivity contribution in [1.29, 1.82) is 0 Å². The first-order valence-electron chi connectivity index (χ1n) is 5.77. The van der Waals surface area contributed by atoms with E-state index >= 15 is 0 Å². The number of carbonyl (C=O) groups excluding carboxylic acids is 1. The van der Waals surface area contributed by atoms with Crippen LogP contribution >= 0.6 is 15.9 Å². The molecule has 0 atom stereocenters. The first kappa shape index (κ1) is 13.7. The summed E-state index contributed by atoms with van der Waals surface area (Å²) in [4.78, 5) is 11.8. The Balaban J connectivity index is 1.90. The molecule has 0 saturated heterocycles. The fourth-order valence-corrected chi connectivity index (χ4v) is 2.02. The molecule has 0 aliphatic rings. The summed E-state index contributed by atoms with van der Waals surface area (Å²) in [5, 5.41) is 6.72. The van der Waals surface area contributed by atoms with Crippen molar-refractivity contribution >= 4 is 21.8 Å². The molecule has 1 N–H and O–H groups in total.